The van der Waals surface area contributed by atoms with Gasteiger partial charge in [0.1, 0.15) is 5.82 Å². The van der Waals surface area contributed by atoms with Crippen molar-refractivity contribution in [3.63, 3.8) is 0 Å². The summed E-state index contributed by atoms with van der Waals surface area (Å²) in [5.41, 5.74) is 2.08. The number of benzene rings is 2. The van der Waals surface area contributed by atoms with Gasteiger partial charge in [0.15, 0.2) is 0 Å². The molecule has 1 amide bonds. The Morgan fingerprint density at radius 2 is 1.66 bits per heavy atom. The molecule has 3 rings (SSSR count). The molecule has 0 unspecified atom stereocenters. The molecule has 152 valence electrons. The van der Waals surface area contributed by atoms with Crippen LogP contribution in [0.1, 0.15) is 33.5 Å². The van der Waals surface area contributed by atoms with Gasteiger partial charge >= 0.3 is 0 Å². The lowest BCUT2D eigenvalue weighted by Crippen LogP contribution is -2.13. The van der Waals surface area contributed by atoms with E-state index in [-0.39, 0.29) is 10.8 Å². The van der Waals surface area contributed by atoms with Crippen LogP contribution in [0.3, 0.4) is 0 Å². The fraction of sp³-hybridized carbons (Fsp3) is 0.190. The molecular weight excluding hydrogens is 411 g/mol. The molecule has 0 saturated heterocycles. The van der Waals surface area contributed by atoms with Crippen molar-refractivity contribution in [3.8, 4) is 0 Å². The molecule has 0 atom stereocenters. The van der Waals surface area contributed by atoms with Crippen LogP contribution in [0.4, 0.5) is 15.8 Å². The number of aryl methyl sites for hydroxylation is 2. The summed E-state index contributed by atoms with van der Waals surface area (Å²) in [4.78, 5) is 14.2. The van der Waals surface area contributed by atoms with Gasteiger partial charge in [-0.3, -0.25) is 9.52 Å². The Morgan fingerprint density at radius 3 is 2.28 bits per heavy atom. The van der Waals surface area contributed by atoms with Gasteiger partial charge in [0, 0.05) is 16.3 Å². The van der Waals surface area contributed by atoms with E-state index in [0.29, 0.717) is 16.3 Å². The molecule has 0 radical (unpaired) electrons. The van der Waals surface area contributed by atoms with Gasteiger partial charge < -0.3 is 5.32 Å². The number of nitrogens with one attached hydrogen (secondary N) is 2. The number of amides is 1. The Balaban J connectivity index is 1.67. The van der Waals surface area contributed by atoms with Crippen molar-refractivity contribution in [2.75, 3.05) is 10.0 Å². The summed E-state index contributed by atoms with van der Waals surface area (Å²) in [7, 11) is -3.82. The minimum atomic E-state index is -3.82. The fourth-order valence-electron chi connectivity index (χ4n) is 2.79. The summed E-state index contributed by atoms with van der Waals surface area (Å²) in [5, 5.41) is 2.82. The van der Waals surface area contributed by atoms with Crippen LogP contribution in [0.15, 0.2) is 59.5 Å². The van der Waals surface area contributed by atoms with E-state index in [1.165, 1.54) is 29.0 Å². The zero-order valence-corrected chi connectivity index (χ0v) is 17.7. The smallest absolute Gasteiger partial charge is 0.265 e. The average molecular weight is 433 g/mol. The molecule has 2 aromatic carbocycles. The van der Waals surface area contributed by atoms with Gasteiger partial charge in [-0.2, -0.15) is 0 Å². The van der Waals surface area contributed by atoms with E-state index in [2.05, 4.69) is 17.0 Å². The highest BCUT2D eigenvalue weighted by Crippen LogP contribution is 2.24. The molecule has 5 nitrogen and oxygen atoms in total. The topological polar surface area (TPSA) is 75.3 Å². The van der Waals surface area contributed by atoms with Crippen molar-refractivity contribution in [2.45, 2.75) is 31.6 Å². The van der Waals surface area contributed by atoms with E-state index in [0.717, 1.165) is 29.9 Å². The molecule has 0 aliphatic heterocycles. The summed E-state index contributed by atoms with van der Waals surface area (Å²) < 4.78 is 40.1. The van der Waals surface area contributed by atoms with Gasteiger partial charge in [-0.15, -0.1) is 11.3 Å². The van der Waals surface area contributed by atoms with Crippen molar-refractivity contribution in [1.82, 2.24) is 0 Å². The van der Waals surface area contributed by atoms with E-state index < -0.39 is 15.8 Å². The summed E-state index contributed by atoms with van der Waals surface area (Å²) in [6.45, 7) is 4.11. The second-order valence-corrected chi connectivity index (χ2v) is 9.47. The fourth-order valence-corrected chi connectivity index (χ4v) is 4.82. The Hall–Kier alpha value is -2.71. The molecule has 0 aliphatic carbocycles. The standard InChI is InChI=1S/C21H21FN2O3S2/c1-3-4-15-13-20(28-14(15)2)21(25)23-17-7-9-18(10-8-17)24-29(26,27)19-11-5-16(22)6-12-19/h5-13,24H,3-4H2,1-2H3,(H,23,25). The number of rotatable bonds is 7. The quantitative estimate of drug-likeness (QED) is 0.539. The zero-order valence-electron chi connectivity index (χ0n) is 16.0. The lowest BCUT2D eigenvalue weighted by atomic mass is 10.1. The van der Waals surface area contributed by atoms with Crippen LogP contribution < -0.4 is 10.0 Å². The van der Waals surface area contributed by atoms with Crippen LogP contribution in [-0.2, 0) is 16.4 Å². The van der Waals surface area contributed by atoms with Crippen LogP contribution in [0, 0.1) is 12.7 Å². The minimum absolute atomic E-state index is 0.0350. The lowest BCUT2D eigenvalue weighted by Gasteiger charge is -2.09. The molecule has 0 spiro atoms. The van der Waals surface area contributed by atoms with E-state index in [1.807, 2.05) is 13.0 Å². The maximum absolute atomic E-state index is 13.0. The number of thiophene rings is 1. The number of carbonyl (C=O) groups excluding carboxylic acids is 1. The van der Waals surface area contributed by atoms with Gasteiger partial charge in [0.25, 0.3) is 15.9 Å². The Bertz CT molecular complexity index is 1110. The summed E-state index contributed by atoms with van der Waals surface area (Å²) >= 11 is 1.46. The Morgan fingerprint density at radius 1 is 1.03 bits per heavy atom. The highest BCUT2D eigenvalue weighted by molar-refractivity contribution is 7.92. The van der Waals surface area contributed by atoms with Crippen molar-refractivity contribution in [2.24, 2.45) is 0 Å². The molecule has 8 heteroatoms. The first-order chi connectivity index (χ1) is 13.8. The first kappa shape index (κ1) is 21.0. The van der Waals surface area contributed by atoms with Gasteiger partial charge in [0.05, 0.1) is 9.77 Å². The molecule has 1 aromatic heterocycles. The third-order valence-corrected chi connectivity index (χ3v) is 6.77. The molecule has 1 heterocycles. The van der Waals surface area contributed by atoms with Crippen LogP contribution >= 0.6 is 11.3 Å². The number of halogens is 1. The van der Waals surface area contributed by atoms with Crippen LogP contribution in [-0.4, -0.2) is 14.3 Å². The molecule has 0 aliphatic rings. The molecule has 0 fully saturated rings. The molecular formula is C21H21FN2O3S2. The monoisotopic (exact) mass is 432 g/mol. The van der Waals surface area contributed by atoms with Gasteiger partial charge in [-0.1, -0.05) is 13.3 Å². The van der Waals surface area contributed by atoms with E-state index in [9.17, 15) is 17.6 Å². The highest BCUT2D eigenvalue weighted by atomic mass is 32.2. The summed E-state index contributed by atoms with van der Waals surface area (Å²) in [5.74, 6) is -0.702. The van der Waals surface area contributed by atoms with Crippen molar-refractivity contribution >= 4 is 38.6 Å². The molecule has 0 bridgehead atoms. The zero-order chi connectivity index (χ0) is 21.0. The van der Waals surface area contributed by atoms with Crippen molar-refractivity contribution in [1.29, 1.82) is 0 Å². The Labute approximate surface area is 173 Å². The lowest BCUT2D eigenvalue weighted by molar-refractivity contribution is 0.103. The largest absolute Gasteiger partial charge is 0.321 e. The number of hydrogen-bond donors (Lipinski definition) is 2. The van der Waals surface area contributed by atoms with E-state index >= 15 is 0 Å². The molecule has 0 saturated carbocycles. The van der Waals surface area contributed by atoms with Crippen LogP contribution in [0.25, 0.3) is 0 Å². The third-order valence-electron chi connectivity index (χ3n) is 4.28. The second kappa shape index (κ2) is 8.75. The highest BCUT2D eigenvalue weighted by Gasteiger charge is 2.15. The van der Waals surface area contributed by atoms with Crippen LogP contribution in [0.5, 0.6) is 0 Å². The first-order valence-electron chi connectivity index (χ1n) is 9.07. The van der Waals surface area contributed by atoms with Gasteiger partial charge in [0.2, 0.25) is 0 Å². The van der Waals surface area contributed by atoms with Crippen LogP contribution in [0.2, 0.25) is 0 Å². The van der Waals surface area contributed by atoms with E-state index in [1.54, 1.807) is 24.3 Å². The average Bonchev–Trinajstić information content (AvgIpc) is 3.05. The number of sulfonamides is 1. The predicted octanol–water partition coefficient (Wildman–Crippen LogP) is 5.20. The maximum atomic E-state index is 13.0. The minimum Gasteiger partial charge on any atom is -0.321 e. The molecule has 29 heavy (non-hydrogen) atoms. The number of hydrogen-bond acceptors (Lipinski definition) is 4. The normalized spacial score (nSPS) is 11.3. The van der Waals surface area contributed by atoms with Crippen molar-refractivity contribution < 1.29 is 17.6 Å². The third kappa shape index (κ3) is 5.21. The molecule has 2 N–H and O–H groups in total. The van der Waals surface area contributed by atoms with Crippen molar-refractivity contribution in [3.05, 3.63) is 75.7 Å². The number of anilines is 2. The summed E-state index contributed by atoms with van der Waals surface area (Å²) in [6.07, 6.45) is 1.96. The van der Waals surface area contributed by atoms with Gasteiger partial charge in [-0.25, -0.2) is 12.8 Å². The second-order valence-electron chi connectivity index (χ2n) is 6.53. The Kier molecular flexibility index (Phi) is 6.34. The molecule has 3 aromatic rings. The van der Waals surface area contributed by atoms with Gasteiger partial charge in [-0.05, 0) is 73.5 Å². The predicted molar refractivity (Wildman–Crippen MR) is 115 cm³/mol. The SMILES string of the molecule is CCCc1cc(C(=O)Nc2ccc(NS(=O)(=O)c3ccc(F)cc3)cc2)sc1C. The first-order valence-corrected chi connectivity index (χ1v) is 11.4. The number of carbonyl (C=O) groups is 1. The van der Waals surface area contributed by atoms with E-state index in [4.69, 9.17) is 0 Å². The maximum Gasteiger partial charge on any atom is 0.265 e. The summed E-state index contributed by atoms with van der Waals surface area (Å²) in [6, 6.07) is 12.8.